The minimum atomic E-state index is -4.42. The summed E-state index contributed by atoms with van der Waals surface area (Å²) in [6.07, 6.45) is -1.16. The number of amides is 1. The number of benzene rings is 3. The summed E-state index contributed by atoms with van der Waals surface area (Å²) >= 11 is 0. The minimum absolute atomic E-state index is 0.0604. The highest BCUT2D eigenvalue weighted by Crippen LogP contribution is 2.30. The number of nitrogens with one attached hydrogen (secondary N) is 1. The number of nitrogens with zero attached hydrogens (tertiary/aromatic N) is 2. The molecular weight excluding hydrogens is 451 g/mol. The number of aromatic nitrogens is 1. The Morgan fingerprint density at radius 1 is 1.06 bits per heavy atom. The topological polar surface area (TPSA) is 57.8 Å². The first-order valence-electron chi connectivity index (χ1n) is 11.0. The van der Waals surface area contributed by atoms with Crippen LogP contribution >= 0.6 is 0 Å². The molecule has 7 heteroatoms. The third-order valence-electron chi connectivity index (χ3n) is 5.74. The Kier molecular flexibility index (Phi) is 6.74. The highest BCUT2D eigenvalue weighted by molar-refractivity contribution is 6.04. The largest absolute Gasteiger partial charge is 0.416 e. The van der Waals surface area contributed by atoms with E-state index in [1.165, 1.54) is 12.1 Å². The highest BCUT2D eigenvalue weighted by atomic mass is 19.4. The van der Waals surface area contributed by atoms with Crippen molar-refractivity contribution >= 4 is 22.9 Å². The van der Waals surface area contributed by atoms with Gasteiger partial charge in [0.1, 0.15) is 11.6 Å². The summed E-state index contributed by atoms with van der Waals surface area (Å²) in [4.78, 5) is 12.8. The number of hydrogen-bond acceptors (Lipinski definition) is 2. The second-order valence-electron chi connectivity index (χ2n) is 8.20. The summed E-state index contributed by atoms with van der Waals surface area (Å²) in [7, 11) is 0. The van der Waals surface area contributed by atoms with Crippen LogP contribution in [0.3, 0.4) is 0 Å². The Bertz CT molecular complexity index is 1430. The Labute approximate surface area is 200 Å². The molecule has 0 bridgehead atoms. The van der Waals surface area contributed by atoms with Crippen LogP contribution in [0.15, 0.2) is 90.6 Å². The number of halogens is 3. The molecule has 0 aliphatic heterocycles. The first-order chi connectivity index (χ1) is 16.8. The maximum absolute atomic E-state index is 13.1. The number of rotatable bonds is 6. The number of nitriles is 1. The Balaban J connectivity index is 1.64. The lowest BCUT2D eigenvalue weighted by Gasteiger charge is -2.13. The van der Waals surface area contributed by atoms with Gasteiger partial charge in [-0.3, -0.25) is 4.79 Å². The predicted molar refractivity (Wildman–Crippen MR) is 129 cm³/mol. The molecule has 4 aromatic rings. The van der Waals surface area contributed by atoms with Crippen LogP contribution < -0.4 is 5.32 Å². The number of alkyl halides is 3. The molecular formula is C28H22F3N3O. The van der Waals surface area contributed by atoms with E-state index < -0.39 is 17.6 Å². The molecule has 0 saturated carbocycles. The van der Waals surface area contributed by atoms with Gasteiger partial charge in [0.05, 0.1) is 11.6 Å². The van der Waals surface area contributed by atoms with Crippen LogP contribution in [0.25, 0.3) is 17.0 Å². The molecule has 4 nitrogen and oxygen atoms in total. The van der Waals surface area contributed by atoms with Crippen LogP contribution in [-0.2, 0) is 17.5 Å². The van der Waals surface area contributed by atoms with E-state index in [2.05, 4.69) is 5.32 Å². The predicted octanol–water partition coefficient (Wildman–Crippen LogP) is 6.49. The molecule has 1 amide bonds. The third kappa shape index (κ3) is 5.44. The van der Waals surface area contributed by atoms with Gasteiger partial charge in [-0.25, -0.2) is 0 Å². The van der Waals surface area contributed by atoms with E-state index in [0.717, 1.165) is 28.6 Å². The van der Waals surface area contributed by atoms with Crippen molar-refractivity contribution in [1.82, 2.24) is 9.88 Å². The molecule has 1 N–H and O–H groups in total. The summed E-state index contributed by atoms with van der Waals surface area (Å²) in [6.45, 7) is 2.04. The lowest BCUT2D eigenvalue weighted by Crippen LogP contribution is -2.27. The van der Waals surface area contributed by atoms with Crippen molar-refractivity contribution in [3.8, 4) is 6.07 Å². The fraction of sp³-hybridized carbons (Fsp3) is 0.143. The highest BCUT2D eigenvalue weighted by Gasteiger charge is 2.30. The molecule has 0 aliphatic rings. The van der Waals surface area contributed by atoms with E-state index in [1.54, 1.807) is 12.3 Å². The minimum Gasteiger partial charge on any atom is -0.345 e. The van der Waals surface area contributed by atoms with Gasteiger partial charge >= 0.3 is 6.18 Å². The van der Waals surface area contributed by atoms with Crippen LogP contribution in [0.1, 0.15) is 35.2 Å². The molecule has 0 fully saturated rings. The smallest absolute Gasteiger partial charge is 0.345 e. The number of carbonyl (C=O) groups is 1. The number of carbonyl (C=O) groups excluding carboxylic acids is 1. The van der Waals surface area contributed by atoms with Gasteiger partial charge in [0.2, 0.25) is 0 Å². The molecule has 0 saturated heterocycles. The van der Waals surface area contributed by atoms with E-state index in [9.17, 15) is 23.2 Å². The third-order valence-corrected chi connectivity index (χ3v) is 5.74. The Morgan fingerprint density at radius 3 is 2.49 bits per heavy atom. The zero-order valence-corrected chi connectivity index (χ0v) is 18.9. The fourth-order valence-corrected chi connectivity index (χ4v) is 3.97. The molecule has 3 aromatic carbocycles. The zero-order chi connectivity index (χ0) is 25.0. The Hall–Kier alpha value is -4.31. The van der Waals surface area contributed by atoms with Crippen molar-refractivity contribution in [2.75, 3.05) is 0 Å². The summed E-state index contributed by atoms with van der Waals surface area (Å²) in [5.74, 6) is -0.501. The van der Waals surface area contributed by atoms with Crippen LogP contribution in [0.5, 0.6) is 0 Å². The van der Waals surface area contributed by atoms with Gasteiger partial charge in [0.25, 0.3) is 5.91 Å². The average Bonchev–Trinajstić information content (AvgIpc) is 3.19. The summed E-state index contributed by atoms with van der Waals surface area (Å²) in [5, 5.41) is 13.3. The number of hydrogen-bond donors (Lipinski definition) is 1. The maximum Gasteiger partial charge on any atom is 0.416 e. The monoisotopic (exact) mass is 473 g/mol. The van der Waals surface area contributed by atoms with Crippen molar-refractivity contribution < 1.29 is 18.0 Å². The summed E-state index contributed by atoms with van der Waals surface area (Å²) in [5.41, 5.74) is 2.05. The lowest BCUT2D eigenvalue weighted by atomic mass is 10.1. The van der Waals surface area contributed by atoms with Gasteiger partial charge in [-0.15, -0.1) is 0 Å². The van der Waals surface area contributed by atoms with Crippen LogP contribution in [0.4, 0.5) is 13.2 Å². The lowest BCUT2D eigenvalue weighted by molar-refractivity contribution is -0.137. The van der Waals surface area contributed by atoms with E-state index in [-0.39, 0.29) is 18.2 Å². The average molecular weight is 473 g/mol. The Morgan fingerprint density at radius 2 is 1.77 bits per heavy atom. The standard InChI is InChI=1S/C28H22F3N3O/c1-19(21-9-3-2-4-10-21)33-27(35)22(16-32)15-23-18-34(26-13-6-5-12-25(23)26)17-20-8-7-11-24(14-20)28(29,30)31/h2-15,18-19H,17H2,1H3,(H,33,35)/b22-15+/t19-/m0/s1. The number of para-hydroxylation sites is 1. The van der Waals surface area contributed by atoms with E-state index in [1.807, 2.05) is 72.2 Å². The normalized spacial score (nSPS) is 12.8. The van der Waals surface area contributed by atoms with Gasteiger partial charge in [0.15, 0.2) is 0 Å². The molecule has 1 atom stereocenters. The second kappa shape index (κ2) is 9.90. The van der Waals surface area contributed by atoms with Gasteiger partial charge < -0.3 is 9.88 Å². The molecule has 35 heavy (non-hydrogen) atoms. The molecule has 0 spiro atoms. The van der Waals surface area contributed by atoms with Crippen LogP contribution in [-0.4, -0.2) is 10.5 Å². The van der Waals surface area contributed by atoms with E-state index in [4.69, 9.17) is 0 Å². The maximum atomic E-state index is 13.1. The first kappa shape index (κ1) is 23.8. The van der Waals surface area contributed by atoms with Crippen molar-refractivity contribution in [3.05, 3.63) is 113 Å². The zero-order valence-electron chi connectivity index (χ0n) is 18.9. The second-order valence-corrected chi connectivity index (χ2v) is 8.20. The van der Waals surface area contributed by atoms with E-state index >= 15 is 0 Å². The van der Waals surface area contributed by atoms with Crippen molar-refractivity contribution in [2.45, 2.75) is 25.7 Å². The molecule has 4 rings (SSSR count). The number of fused-ring (bicyclic) bond motifs is 1. The van der Waals surface area contributed by atoms with Crippen LogP contribution in [0, 0.1) is 11.3 Å². The van der Waals surface area contributed by atoms with E-state index in [0.29, 0.717) is 11.1 Å². The van der Waals surface area contributed by atoms with Gasteiger partial charge in [-0.05, 0) is 42.3 Å². The molecule has 0 aliphatic carbocycles. The van der Waals surface area contributed by atoms with Crippen molar-refractivity contribution in [2.24, 2.45) is 0 Å². The van der Waals surface area contributed by atoms with Gasteiger partial charge in [-0.2, -0.15) is 18.4 Å². The molecule has 1 heterocycles. The SMILES string of the molecule is C[C@H](NC(=O)/C(C#N)=C/c1cn(Cc2cccc(C(F)(F)F)c2)c2ccccc12)c1ccccc1. The molecule has 0 radical (unpaired) electrons. The van der Waals surface area contributed by atoms with Crippen molar-refractivity contribution in [3.63, 3.8) is 0 Å². The van der Waals surface area contributed by atoms with Gasteiger partial charge in [-0.1, -0.05) is 60.7 Å². The first-order valence-corrected chi connectivity index (χ1v) is 11.0. The van der Waals surface area contributed by atoms with Crippen molar-refractivity contribution in [1.29, 1.82) is 5.26 Å². The fourth-order valence-electron chi connectivity index (χ4n) is 3.97. The molecule has 0 unspecified atom stereocenters. The quantitative estimate of drug-likeness (QED) is 0.257. The summed E-state index contributed by atoms with van der Waals surface area (Å²) in [6, 6.07) is 23.6. The van der Waals surface area contributed by atoms with Gasteiger partial charge in [0, 0.05) is 29.2 Å². The summed E-state index contributed by atoms with van der Waals surface area (Å²) < 4.78 is 41.2. The molecule has 1 aromatic heterocycles. The molecule has 176 valence electrons. The van der Waals surface area contributed by atoms with Crippen LogP contribution in [0.2, 0.25) is 0 Å².